The largest absolute Gasteiger partial charge is 0.384 e. The van der Waals surface area contributed by atoms with Gasteiger partial charge >= 0.3 is 0 Å². The van der Waals surface area contributed by atoms with Gasteiger partial charge in [-0.25, -0.2) is 18.1 Å². The molecule has 1 atom stereocenters. The summed E-state index contributed by atoms with van der Waals surface area (Å²) in [6.07, 6.45) is 0. The maximum Gasteiger partial charge on any atom is 0.215 e. The van der Waals surface area contributed by atoms with Gasteiger partial charge in [0.05, 0.1) is 18.8 Å². The second-order valence-corrected chi connectivity index (χ2v) is 8.89. The van der Waals surface area contributed by atoms with Crippen molar-refractivity contribution in [3.8, 4) is 0 Å². The summed E-state index contributed by atoms with van der Waals surface area (Å²) in [6.45, 7) is 5.17. The first-order chi connectivity index (χ1) is 13.8. The Balaban J connectivity index is 2.00. The molecule has 0 fully saturated rings. The zero-order valence-corrected chi connectivity index (χ0v) is 18.0. The molecule has 0 saturated heterocycles. The molecule has 2 rings (SSSR count). The number of nitrogens with one attached hydrogen (secondary N) is 3. The van der Waals surface area contributed by atoms with Crippen LogP contribution in [-0.2, 0) is 27.9 Å². The number of guanidine groups is 1. The molecular weight excluding hydrogens is 388 g/mol. The number of aliphatic hydroxyl groups is 1. The van der Waals surface area contributed by atoms with Crippen LogP contribution in [0.25, 0.3) is 0 Å². The lowest BCUT2D eigenvalue weighted by Gasteiger charge is -2.25. The summed E-state index contributed by atoms with van der Waals surface area (Å²) in [6, 6.07) is 16.8. The summed E-state index contributed by atoms with van der Waals surface area (Å²) in [5.74, 6) is 0.553. The average Bonchev–Trinajstić information content (AvgIpc) is 2.71. The summed E-state index contributed by atoms with van der Waals surface area (Å²) in [4.78, 5) is 4.55. The highest BCUT2D eigenvalue weighted by molar-refractivity contribution is 7.88. The van der Waals surface area contributed by atoms with Crippen LogP contribution in [0.3, 0.4) is 0 Å². The third-order valence-corrected chi connectivity index (χ3v) is 5.79. The number of nitrogens with zero attached hydrogens (tertiary/aromatic N) is 1. The van der Waals surface area contributed by atoms with Crippen LogP contribution >= 0.6 is 0 Å². The highest BCUT2D eigenvalue weighted by Crippen LogP contribution is 2.18. The van der Waals surface area contributed by atoms with Gasteiger partial charge in [-0.15, -0.1) is 0 Å². The molecule has 0 radical (unpaired) electrons. The maximum absolute atomic E-state index is 11.6. The first-order valence-corrected chi connectivity index (χ1v) is 11.2. The van der Waals surface area contributed by atoms with Crippen LogP contribution in [0.5, 0.6) is 0 Å². The monoisotopic (exact) mass is 418 g/mol. The van der Waals surface area contributed by atoms with Crippen molar-refractivity contribution in [2.75, 3.05) is 20.1 Å². The molecule has 4 N–H and O–H groups in total. The van der Waals surface area contributed by atoms with E-state index in [1.807, 2.05) is 49.4 Å². The van der Waals surface area contributed by atoms with E-state index in [-0.39, 0.29) is 5.75 Å². The smallest absolute Gasteiger partial charge is 0.215 e. The van der Waals surface area contributed by atoms with Crippen LogP contribution in [0, 0.1) is 0 Å². The van der Waals surface area contributed by atoms with E-state index in [9.17, 15) is 13.5 Å². The summed E-state index contributed by atoms with van der Waals surface area (Å²) in [5.41, 5.74) is 1.48. The van der Waals surface area contributed by atoms with E-state index in [0.717, 1.165) is 16.7 Å². The van der Waals surface area contributed by atoms with Crippen LogP contribution in [0.4, 0.5) is 0 Å². The summed E-state index contributed by atoms with van der Waals surface area (Å²) < 4.78 is 25.6. The first-order valence-electron chi connectivity index (χ1n) is 9.55. The van der Waals surface area contributed by atoms with Crippen molar-refractivity contribution < 1.29 is 13.5 Å². The Labute approximate surface area is 173 Å². The zero-order chi connectivity index (χ0) is 21.3. The molecule has 0 aromatic heterocycles. The standard InChI is InChI=1S/C21H30N4O3S/c1-4-23-20(25-16-21(2,26)19-8-6-5-7-9-19)24-14-17-10-12-18(13-11-17)15-29(27,28)22-3/h5-13,22,26H,4,14-16H2,1-3H3,(H2,23,24,25). The summed E-state index contributed by atoms with van der Waals surface area (Å²) in [7, 11) is -1.88. The molecule has 0 aliphatic carbocycles. The second-order valence-electron chi connectivity index (χ2n) is 6.97. The van der Waals surface area contributed by atoms with E-state index in [0.29, 0.717) is 25.6 Å². The van der Waals surface area contributed by atoms with Crippen LogP contribution in [0.2, 0.25) is 0 Å². The predicted octanol–water partition coefficient (Wildman–Crippen LogP) is 1.70. The number of benzene rings is 2. The van der Waals surface area contributed by atoms with E-state index in [1.165, 1.54) is 7.05 Å². The van der Waals surface area contributed by atoms with Gasteiger partial charge in [0, 0.05) is 6.54 Å². The second kappa shape index (κ2) is 10.4. The van der Waals surface area contributed by atoms with E-state index < -0.39 is 15.6 Å². The molecule has 0 aliphatic heterocycles. The lowest BCUT2D eigenvalue weighted by molar-refractivity contribution is 0.0617. The minimum Gasteiger partial charge on any atom is -0.384 e. The summed E-state index contributed by atoms with van der Waals surface area (Å²) >= 11 is 0. The SMILES string of the molecule is CCNC(=NCc1ccc(CS(=O)(=O)NC)cc1)NCC(C)(O)c1ccccc1. The molecule has 2 aromatic rings. The minimum absolute atomic E-state index is 0.0498. The minimum atomic E-state index is -3.28. The van der Waals surface area contributed by atoms with Crippen molar-refractivity contribution in [2.45, 2.75) is 31.7 Å². The molecule has 2 aromatic carbocycles. The topological polar surface area (TPSA) is 103 Å². The number of hydrogen-bond donors (Lipinski definition) is 4. The van der Waals surface area contributed by atoms with Gasteiger partial charge in [-0.2, -0.15) is 0 Å². The molecule has 158 valence electrons. The number of sulfonamides is 1. The summed E-state index contributed by atoms with van der Waals surface area (Å²) in [5, 5.41) is 17.1. The van der Waals surface area contributed by atoms with Crippen molar-refractivity contribution in [3.05, 3.63) is 71.3 Å². The molecule has 29 heavy (non-hydrogen) atoms. The van der Waals surface area contributed by atoms with Crippen molar-refractivity contribution in [1.82, 2.24) is 15.4 Å². The highest BCUT2D eigenvalue weighted by Gasteiger charge is 2.22. The quantitative estimate of drug-likeness (QED) is 0.367. The molecule has 0 spiro atoms. The Kier molecular flexibility index (Phi) is 8.19. The third kappa shape index (κ3) is 7.49. The van der Waals surface area contributed by atoms with Crippen molar-refractivity contribution in [3.63, 3.8) is 0 Å². The van der Waals surface area contributed by atoms with Gasteiger partial charge in [0.2, 0.25) is 10.0 Å². The Bertz CT molecular complexity index is 895. The normalized spacial score (nSPS) is 14.3. The van der Waals surface area contributed by atoms with Crippen LogP contribution < -0.4 is 15.4 Å². The number of aliphatic imine (C=N–C) groups is 1. The van der Waals surface area contributed by atoms with Gasteiger partial charge < -0.3 is 15.7 Å². The van der Waals surface area contributed by atoms with E-state index >= 15 is 0 Å². The van der Waals surface area contributed by atoms with Crippen LogP contribution in [-0.4, -0.2) is 39.6 Å². The third-order valence-electron chi connectivity index (χ3n) is 4.45. The van der Waals surface area contributed by atoms with Gasteiger partial charge in [0.25, 0.3) is 0 Å². The number of rotatable bonds is 9. The maximum atomic E-state index is 11.6. The van der Waals surface area contributed by atoms with Crippen molar-refractivity contribution in [2.24, 2.45) is 4.99 Å². The van der Waals surface area contributed by atoms with Crippen LogP contribution in [0.1, 0.15) is 30.5 Å². The average molecular weight is 419 g/mol. The molecule has 8 heteroatoms. The molecule has 0 bridgehead atoms. The van der Waals surface area contributed by atoms with Crippen molar-refractivity contribution >= 4 is 16.0 Å². The van der Waals surface area contributed by atoms with Gasteiger partial charge in [0.15, 0.2) is 5.96 Å². The van der Waals surface area contributed by atoms with Crippen LogP contribution in [0.15, 0.2) is 59.6 Å². The highest BCUT2D eigenvalue weighted by atomic mass is 32.2. The predicted molar refractivity (Wildman–Crippen MR) is 117 cm³/mol. The van der Waals surface area contributed by atoms with E-state index in [2.05, 4.69) is 20.3 Å². The molecule has 7 nitrogen and oxygen atoms in total. The van der Waals surface area contributed by atoms with Gasteiger partial charge in [-0.05, 0) is 37.6 Å². The molecule has 0 amide bonds. The lowest BCUT2D eigenvalue weighted by atomic mass is 9.96. The molecular formula is C21H30N4O3S. The molecule has 0 saturated carbocycles. The molecule has 0 aliphatic rings. The van der Waals surface area contributed by atoms with Gasteiger partial charge in [0.1, 0.15) is 5.60 Å². The van der Waals surface area contributed by atoms with E-state index in [4.69, 9.17) is 0 Å². The first kappa shape index (κ1) is 22.9. The van der Waals surface area contributed by atoms with E-state index in [1.54, 1.807) is 19.1 Å². The Morgan fingerprint density at radius 3 is 2.24 bits per heavy atom. The Morgan fingerprint density at radius 2 is 1.66 bits per heavy atom. The fourth-order valence-corrected chi connectivity index (χ4v) is 3.48. The Hall–Kier alpha value is -2.42. The van der Waals surface area contributed by atoms with Crippen molar-refractivity contribution in [1.29, 1.82) is 0 Å². The Morgan fingerprint density at radius 1 is 1.03 bits per heavy atom. The van der Waals surface area contributed by atoms with Gasteiger partial charge in [-0.3, -0.25) is 0 Å². The fraction of sp³-hybridized carbons (Fsp3) is 0.381. The lowest BCUT2D eigenvalue weighted by Crippen LogP contribution is -2.44. The molecule has 1 unspecified atom stereocenters. The zero-order valence-electron chi connectivity index (χ0n) is 17.1. The number of hydrogen-bond acceptors (Lipinski definition) is 4. The fourth-order valence-electron chi connectivity index (χ4n) is 2.70. The molecule has 0 heterocycles. The van der Waals surface area contributed by atoms with Gasteiger partial charge in [-0.1, -0.05) is 54.6 Å².